The van der Waals surface area contributed by atoms with Gasteiger partial charge in [-0.15, -0.1) is 0 Å². The Morgan fingerprint density at radius 2 is 1.10 bits per heavy atom. The summed E-state index contributed by atoms with van der Waals surface area (Å²) in [4.78, 5) is 49.4. The van der Waals surface area contributed by atoms with Crippen LogP contribution in [0.15, 0.2) is 97.1 Å². The third-order valence-electron chi connectivity index (χ3n) is 10.5. The summed E-state index contributed by atoms with van der Waals surface area (Å²) in [5.41, 5.74) is 14.6. The van der Waals surface area contributed by atoms with E-state index in [4.69, 9.17) is 43.2 Å². The molecule has 0 atom stereocenters. The Bertz CT molecular complexity index is 2950. The molecule has 300 valence electrons. The molecule has 60 heavy (non-hydrogen) atoms. The van der Waals surface area contributed by atoms with Crippen molar-refractivity contribution in [3.63, 3.8) is 0 Å². The number of para-hydroxylation sites is 2. The highest BCUT2D eigenvalue weighted by atomic mass is 35.5. The van der Waals surface area contributed by atoms with E-state index >= 15 is 0 Å². The van der Waals surface area contributed by atoms with Crippen LogP contribution in [-0.2, 0) is 12.8 Å². The van der Waals surface area contributed by atoms with Crippen LogP contribution in [0.5, 0.6) is 0 Å². The molecular weight excluding hydrogens is 798 g/mol. The summed E-state index contributed by atoms with van der Waals surface area (Å²) >= 11 is 12.5. The molecule has 8 aromatic rings. The van der Waals surface area contributed by atoms with E-state index in [0.29, 0.717) is 45.5 Å². The minimum atomic E-state index is -1.35. The number of nitrogens with zero attached hydrogens (tertiary/aromatic N) is 4. The Balaban J connectivity index is 0.000000138. The molecule has 6 heterocycles. The van der Waals surface area contributed by atoms with Gasteiger partial charge in [0.1, 0.15) is 0 Å². The van der Waals surface area contributed by atoms with Crippen molar-refractivity contribution >= 4 is 69.7 Å². The highest BCUT2D eigenvalue weighted by Crippen LogP contribution is 2.34. The van der Waals surface area contributed by atoms with E-state index in [1.54, 1.807) is 12.1 Å². The van der Waals surface area contributed by atoms with Crippen molar-refractivity contribution < 1.29 is 19.6 Å². The average Bonchev–Trinajstić information content (AvgIpc) is 3.88. The molecule has 0 spiro atoms. The lowest BCUT2D eigenvalue weighted by molar-refractivity contribution is 0.0937. The Morgan fingerprint density at radius 1 is 0.583 bits per heavy atom. The van der Waals surface area contributed by atoms with E-state index in [9.17, 15) is 9.59 Å². The van der Waals surface area contributed by atoms with Crippen LogP contribution in [0, 0.1) is 20.8 Å². The summed E-state index contributed by atoms with van der Waals surface area (Å²) in [6.07, 6.45) is 1.60. The zero-order valence-corrected chi connectivity index (χ0v) is 34.4. The first kappa shape index (κ1) is 40.4. The van der Waals surface area contributed by atoms with Gasteiger partial charge >= 0.3 is 7.12 Å². The number of hydrogen-bond acceptors (Lipinski definition) is 8. The molecule has 6 N–H and O–H groups in total. The van der Waals surface area contributed by atoms with E-state index < -0.39 is 7.12 Å². The van der Waals surface area contributed by atoms with Crippen molar-refractivity contribution in [2.45, 2.75) is 33.6 Å². The first-order chi connectivity index (χ1) is 29.0. The molecule has 0 radical (unpaired) electrons. The number of hydrogen-bond donors (Lipinski definition) is 6. The summed E-state index contributed by atoms with van der Waals surface area (Å²) in [5, 5.41) is 24.3. The molecule has 0 aliphatic carbocycles. The summed E-state index contributed by atoms with van der Waals surface area (Å²) in [6.45, 7) is 6.92. The molecule has 0 unspecified atom stereocenters. The van der Waals surface area contributed by atoms with Crippen LogP contribution in [0.25, 0.3) is 55.8 Å². The molecule has 12 nitrogen and oxygen atoms in total. The van der Waals surface area contributed by atoms with Gasteiger partial charge in [-0.25, -0.2) is 19.9 Å². The molecule has 0 fully saturated rings. The Morgan fingerprint density at radius 3 is 1.63 bits per heavy atom. The molecule has 2 amide bonds. The predicted molar refractivity (Wildman–Crippen MR) is 237 cm³/mol. The van der Waals surface area contributed by atoms with Crippen molar-refractivity contribution in [3.05, 3.63) is 147 Å². The zero-order valence-electron chi connectivity index (χ0n) is 32.9. The maximum absolute atomic E-state index is 12.1. The lowest BCUT2D eigenvalue weighted by Gasteiger charge is -2.11. The molecule has 4 aromatic carbocycles. The third-order valence-corrected chi connectivity index (χ3v) is 11.2. The second kappa shape index (κ2) is 17.1. The monoisotopic (exact) mass is 836 g/mol. The number of aromatic nitrogens is 6. The maximum atomic E-state index is 12.1. The second-order valence-corrected chi connectivity index (χ2v) is 15.2. The minimum Gasteiger partial charge on any atom is -0.423 e. The van der Waals surface area contributed by atoms with Crippen LogP contribution in [0.2, 0.25) is 10.2 Å². The number of nitrogens with one attached hydrogen (secondary N) is 4. The largest absolute Gasteiger partial charge is 0.488 e. The molecule has 2 aliphatic heterocycles. The number of fused-ring (bicyclic) bond motifs is 4. The topological polar surface area (TPSA) is 182 Å². The van der Waals surface area contributed by atoms with Gasteiger partial charge in [-0.2, -0.15) is 0 Å². The predicted octanol–water partition coefficient (Wildman–Crippen LogP) is 7.09. The van der Waals surface area contributed by atoms with Crippen LogP contribution < -0.4 is 16.1 Å². The van der Waals surface area contributed by atoms with Gasteiger partial charge in [0.2, 0.25) is 0 Å². The lowest BCUT2D eigenvalue weighted by Crippen LogP contribution is -2.31. The number of aromatic amines is 2. The Kier molecular flexibility index (Phi) is 11.5. The van der Waals surface area contributed by atoms with Crippen molar-refractivity contribution in [2.24, 2.45) is 0 Å². The van der Waals surface area contributed by atoms with Crippen molar-refractivity contribution in [1.29, 1.82) is 0 Å². The van der Waals surface area contributed by atoms with E-state index in [1.807, 2.05) is 106 Å². The van der Waals surface area contributed by atoms with E-state index in [-0.39, 0.29) is 11.8 Å². The number of carbonyl (C=O) groups excluding carboxylic acids is 2. The molecule has 15 heteroatoms. The first-order valence-corrected chi connectivity index (χ1v) is 20.1. The normalized spacial score (nSPS) is 13.0. The highest BCUT2D eigenvalue weighted by Gasteiger charge is 2.23. The van der Waals surface area contributed by atoms with E-state index in [1.165, 1.54) is 0 Å². The standard InChI is InChI=1S/C22H17ClN4O.C16H13ClN4O.C7H9BO2/c1-12-20(13-5-2-3-7-16(13)23)27-21-14(6-4-8-18(21)25-12)19-11-15-17(26-19)9-10-24-22(15)28;1-8-15(17)21-14-9(3-2-4-12(14)19-8)13-7-10-11(20-13)5-6-18-16(10)22;1-6-4-2-3-5-7(6)8(9)10/h2-8,11,26H,9-10H2,1H3,(H,24,28);2-4,7,20H,5-6H2,1H3,(H,18,22);2-5,9-10H,1H3. The number of benzene rings is 4. The fraction of sp³-hybridized carbons (Fsp3) is 0.156. The fourth-order valence-electron chi connectivity index (χ4n) is 7.41. The Labute approximate surface area is 355 Å². The van der Waals surface area contributed by atoms with Gasteiger partial charge in [0.05, 0.1) is 55.3 Å². The molecule has 0 saturated carbocycles. The molecular formula is C45H39BCl2N8O4. The average molecular weight is 838 g/mol. The van der Waals surface area contributed by atoms with Crippen molar-refractivity contribution in [1.82, 2.24) is 40.5 Å². The first-order valence-electron chi connectivity index (χ1n) is 19.3. The molecule has 0 saturated heterocycles. The minimum absolute atomic E-state index is 0.0380. The van der Waals surface area contributed by atoms with Crippen molar-refractivity contribution in [3.8, 4) is 33.8 Å². The van der Waals surface area contributed by atoms with Gasteiger partial charge in [-0.05, 0) is 56.6 Å². The molecule has 10 rings (SSSR count). The van der Waals surface area contributed by atoms with Gasteiger partial charge < -0.3 is 30.6 Å². The van der Waals surface area contributed by atoms with Gasteiger partial charge in [-0.1, -0.05) is 95.5 Å². The smallest absolute Gasteiger partial charge is 0.423 e. The number of rotatable bonds is 4. The molecule has 2 aliphatic rings. The number of carbonyl (C=O) groups is 2. The van der Waals surface area contributed by atoms with Gasteiger partial charge in [0, 0.05) is 65.4 Å². The second-order valence-electron chi connectivity index (χ2n) is 14.5. The summed E-state index contributed by atoms with van der Waals surface area (Å²) in [7, 11) is -1.35. The van der Waals surface area contributed by atoms with Gasteiger partial charge in [-0.3, -0.25) is 9.59 Å². The van der Waals surface area contributed by atoms with Crippen LogP contribution >= 0.6 is 23.2 Å². The van der Waals surface area contributed by atoms with Crippen LogP contribution in [0.4, 0.5) is 0 Å². The fourth-order valence-corrected chi connectivity index (χ4v) is 7.76. The van der Waals surface area contributed by atoms with Crippen LogP contribution in [-0.4, -0.2) is 72.0 Å². The van der Waals surface area contributed by atoms with Crippen LogP contribution in [0.3, 0.4) is 0 Å². The van der Waals surface area contributed by atoms with Crippen molar-refractivity contribution in [2.75, 3.05) is 13.1 Å². The molecule has 0 bridgehead atoms. The zero-order chi connectivity index (χ0) is 42.1. The van der Waals surface area contributed by atoms with Gasteiger partial charge in [0.25, 0.3) is 11.8 Å². The van der Waals surface area contributed by atoms with E-state index in [0.717, 1.165) is 91.3 Å². The van der Waals surface area contributed by atoms with Gasteiger partial charge in [0.15, 0.2) is 5.15 Å². The summed E-state index contributed by atoms with van der Waals surface area (Å²) in [6, 6.07) is 30.3. The van der Waals surface area contributed by atoms with E-state index in [2.05, 4.69) is 30.6 Å². The number of halogens is 2. The maximum Gasteiger partial charge on any atom is 0.488 e. The third kappa shape index (κ3) is 8.12. The summed E-state index contributed by atoms with van der Waals surface area (Å²) in [5.74, 6) is -0.0772. The SMILES string of the molecule is Cc1ccccc1B(O)O.Cc1nc2cccc(-c3cc4c([nH]3)CCNC4=O)c2nc1-c1ccccc1Cl.Cc1nc2cccc(-c3cc4c([nH]3)CCNC4=O)c2nc1Cl. The summed E-state index contributed by atoms with van der Waals surface area (Å²) < 4.78 is 0. The Hall–Kier alpha value is -6.38. The number of aryl methyl sites for hydroxylation is 3. The molecule has 4 aromatic heterocycles. The lowest BCUT2D eigenvalue weighted by atomic mass is 9.77. The van der Waals surface area contributed by atoms with Crippen LogP contribution in [0.1, 0.15) is 49.1 Å². The number of H-pyrrole nitrogens is 2. The highest BCUT2D eigenvalue weighted by molar-refractivity contribution is 6.59. The quantitative estimate of drug-likeness (QED) is 0.102. The number of amides is 2.